The molecule has 1 aromatic carbocycles. The summed E-state index contributed by atoms with van der Waals surface area (Å²) in [5.74, 6) is 4.78. The van der Waals surface area contributed by atoms with Crippen molar-refractivity contribution in [2.75, 3.05) is 6.61 Å². The number of nitrogen functional groups attached to an aromatic ring is 1. The Hall–Kier alpha value is -1.69. The van der Waals surface area contributed by atoms with Gasteiger partial charge < -0.3 is 4.74 Å². The minimum atomic E-state index is -0.287. The Morgan fingerprint density at radius 2 is 2.05 bits per heavy atom. The van der Waals surface area contributed by atoms with Crippen LogP contribution in [-0.4, -0.2) is 12.5 Å². The van der Waals surface area contributed by atoms with Gasteiger partial charge in [-0.05, 0) is 29.1 Å². The number of amides is 1. The van der Waals surface area contributed by atoms with E-state index < -0.39 is 0 Å². The number of hydrogen-bond donors (Lipinski definition) is 2. The number of nitrogens with one attached hydrogen (secondary N) is 1. The molecule has 2 rings (SSSR count). The lowest BCUT2D eigenvalue weighted by atomic mass is 10.1. The molecule has 100 valence electrons. The van der Waals surface area contributed by atoms with Crippen molar-refractivity contribution in [3.05, 3.63) is 57.8 Å². The van der Waals surface area contributed by atoms with Crippen LogP contribution in [0.1, 0.15) is 20.8 Å². The lowest BCUT2D eigenvalue weighted by Crippen LogP contribution is -2.29. The van der Waals surface area contributed by atoms with Crippen molar-refractivity contribution in [1.82, 2.24) is 5.43 Å². The average Bonchev–Trinajstić information content (AvgIpc) is 2.96. The van der Waals surface area contributed by atoms with E-state index >= 15 is 0 Å². The van der Waals surface area contributed by atoms with Crippen molar-refractivity contribution in [3.63, 3.8) is 0 Å². The van der Waals surface area contributed by atoms with Crippen molar-refractivity contribution in [2.45, 2.75) is 13.0 Å². The summed E-state index contributed by atoms with van der Waals surface area (Å²) in [5, 5.41) is 2.07. The highest BCUT2D eigenvalue weighted by molar-refractivity contribution is 7.09. The van der Waals surface area contributed by atoms with Gasteiger partial charge >= 0.3 is 0 Å². The largest absolute Gasteiger partial charge is 0.376 e. The van der Waals surface area contributed by atoms with Gasteiger partial charge in [0.1, 0.15) is 0 Å². The topological polar surface area (TPSA) is 64.3 Å². The molecule has 1 amide bonds. The predicted molar refractivity (Wildman–Crippen MR) is 75.8 cm³/mol. The van der Waals surface area contributed by atoms with E-state index in [1.54, 1.807) is 23.5 Å². The van der Waals surface area contributed by atoms with Crippen molar-refractivity contribution in [2.24, 2.45) is 5.84 Å². The molecule has 0 aliphatic carbocycles. The van der Waals surface area contributed by atoms with Gasteiger partial charge in [-0.25, -0.2) is 5.84 Å². The molecule has 5 heteroatoms. The molecule has 1 aromatic heterocycles. The van der Waals surface area contributed by atoms with Gasteiger partial charge in [0, 0.05) is 16.9 Å². The third-order valence-electron chi connectivity index (χ3n) is 2.69. The highest BCUT2D eigenvalue weighted by Crippen LogP contribution is 2.10. The predicted octanol–water partition coefficient (Wildman–Crippen LogP) is 2.11. The fourth-order valence-corrected chi connectivity index (χ4v) is 2.34. The summed E-state index contributed by atoms with van der Waals surface area (Å²) in [6.45, 7) is 1.25. The number of carbonyl (C=O) groups excluding carboxylic acids is 1. The molecule has 19 heavy (non-hydrogen) atoms. The minimum absolute atomic E-state index is 0.287. The first-order valence-corrected chi connectivity index (χ1v) is 6.87. The van der Waals surface area contributed by atoms with Crippen LogP contribution in [-0.2, 0) is 17.8 Å². The van der Waals surface area contributed by atoms with Crippen LogP contribution in [0.3, 0.4) is 0 Å². The monoisotopic (exact) mass is 276 g/mol. The molecular weight excluding hydrogens is 260 g/mol. The van der Waals surface area contributed by atoms with E-state index in [1.807, 2.05) is 18.2 Å². The van der Waals surface area contributed by atoms with Gasteiger partial charge in [-0.15, -0.1) is 11.3 Å². The zero-order valence-corrected chi connectivity index (χ0v) is 11.3. The van der Waals surface area contributed by atoms with Gasteiger partial charge in [0.25, 0.3) is 5.91 Å². The number of thiophene rings is 1. The lowest BCUT2D eigenvalue weighted by molar-refractivity contribution is 0.0953. The van der Waals surface area contributed by atoms with Crippen molar-refractivity contribution in [1.29, 1.82) is 0 Å². The van der Waals surface area contributed by atoms with Crippen LogP contribution in [0.15, 0.2) is 41.8 Å². The highest BCUT2D eigenvalue weighted by Gasteiger charge is 2.02. The number of hydrogen-bond acceptors (Lipinski definition) is 4. The van der Waals surface area contributed by atoms with Crippen LogP contribution < -0.4 is 11.3 Å². The zero-order chi connectivity index (χ0) is 13.5. The molecule has 0 saturated carbocycles. The molecule has 0 fully saturated rings. The molecule has 2 aromatic rings. The van der Waals surface area contributed by atoms with E-state index in [9.17, 15) is 4.79 Å². The Balaban J connectivity index is 1.75. The fraction of sp³-hybridized carbons (Fsp3) is 0.214. The second-order valence-electron chi connectivity index (χ2n) is 4.05. The first-order valence-electron chi connectivity index (χ1n) is 5.99. The summed E-state index contributed by atoms with van der Waals surface area (Å²) >= 11 is 1.74. The summed E-state index contributed by atoms with van der Waals surface area (Å²) in [7, 11) is 0. The molecule has 0 saturated heterocycles. The standard InChI is InChI=1S/C14H16N2O2S/c15-16-14(17)12-5-3-11(4-6-12)10-18-8-7-13-2-1-9-19-13/h1-6,9H,7-8,10,15H2,(H,16,17). The molecule has 0 atom stereocenters. The van der Waals surface area contributed by atoms with Gasteiger partial charge in [-0.1, -0.05) is 18.2 Å². The zero-order valence-electron chi connectivity index (χ0n) is 10.5. The second kappa shape index (κ2) is 7.04. The third kappa shape index (κ3) is 4.17. The normalized spacial score (nSPS) is 10.4. The summed E-state index contributed by atoms with van der Waals surface area (Å²) in [5.41, 5.74) is 3.69. The molecule has 0 bridgehead atoms. The van der Waals surface area contributed by atoms with Crippen LogP contribution in [0.4, 0.5) is 0 Å². The second-order valence-corrected chi connectivity index (χ2v) is 5.08. The average molecular weight is 276 g/mol. The Kier molecular flexibility index (Phi) is 5.09. The molecule has 0 aliphatic heterocycles. The molecule has 0 unspecified atom stereocenters. The molecule has 3 N–H and O–H groups in total. The Morgan fingerprint density at radius 3 is 2.68 bits per heavy atom. The molecule has 1 heterocycles. The van der Waals surface area contributed by atoms with Crippen molar-refractivity contribution in [3.8, 4) is 0 Å². The van der Waals surface area contributed by atoms with Crippen LogP contribution in [0.5, 0.6) is 0 Å². The smallest absolute Gasteiger partial charge is 0.265 e. The Morgan fingerprint density at radius 1 is 1.26 bits per heavy atom. The molecule has 0 spiro atoms. The van der Waals surface area contributed by atoms with E-state index in [1.165, 1.54) is 4.88 Å². The maximum absolute atomic E-state index is 11.3. The van der Waals surface area contributed by atoms with Gasteiger partial charge in [-0.2, -0.15) is 0 Å². The molecule has 0 aliphatic rings. The minimum Gasteiger partial charge on any atom is -0.376 e. The summed E-state index contributed by atoms with van der Waals surface area (Å²) in [6, 6.07) is 11.4. The number of hydrazine groups is 1. The van der Waals surface area contributed by atoms with Crippen LogP contribution in [0.25, 0.3) is 0 Å². The fourth-order valence-electron chi connectivity index (χ4n) is 1.65. The molecule has 4 nitrogen and oxygen atoms in total. The summed E-state index contributed by atoms with van der Waals surface area (Å²) in [6.07, 6.45) is 0.936. The summed E-state index contributed by atoms with van der Waals surface area (Å²) < 4.78 is 5.60. The SMILES string of the molecule is NNC(=O)c1ccc(COCCc2cccs2)cc1. The Labute approximate surface area is 116 Å². The molecule has 0 radical (unpaired) electrons. The number of rotatable bonds is 6. The van der Waals surface area contributed by atoms with E-state index in [0.717, 1.165) is 12.0 Å². The summed E-state index contributed by atoms with van der Waals surface area (Å²) in [4.78, 5) is 12.6. The maximum atomic E-state index is 11.3. The van der Waals surface area contributed by atoms with Crippen molar-refractivity contribution < 1.29 is 9.53 Å². The first-order chi connectivity index (χ1) is 9.29. The van der Waals surface area contributed by atoms with E-state index in [0.29, 0.717) is 18.8 Å². The highest BCUT2D eigenvalue weighted by atomic mass is 32.1. The van der Waals surface area contributed by atoms with Crippen molar-refractivity contribution >= 4 is 17.2 Å². The number of carbonyl (C=O) groups is 1. The van der Waals surface area contributed by atoms with Gasteiger partial charge in [0.2, 0.25) is 0 Å². The first kappa shape index (κ1) is 13.7. The Bertz CT molecular complexity index is 509. The van der Waals surface area contributed by atoms with Crippen LogP contribution >= 0.6 is 11.3 Å². The lowest BCUT2D eigenvalue weighted by Gasteiger charge is -2.05. The number of benzene rings is 1. The van der Waals surface area contributed by atoms with Crippen LogP contribution in [0, 0.1) is 0 Å². The number of ether oxygens (including phenoxy) is 1. The quantitative estimate of drug-likeness (QED) is 0.367. The van der Waals surface area contributed by atoms with Gasteiger partial charge in [0.05, 0.1) is 13.2 Å². The van der Waals surface area contributed by atoms with E-state index in [4.69, 9.17) is 10.6 Å². The van der Waals surface area contributed by atoms with Crippen LogP contribution in [0.2, 0.25) is 0 Å². The van der Waals surface area contributed by atoms with Gasteiger partial charge in [-0.3, -0.25) is 10.2 Å². The van der Waals surface area contributed by atoms with E-state index in [-0.39, 0.29) is 5.91 Å². The van der Waals surface area contributed by atoms with E-state index in [2.05, 4.69) is 16.9 Å². The third-order valence-corrected chi connectivity index (χ3v) is 3.63. The molecular formula is C14H16N2O2S. The number of nitrogens with two attached hydrogens (primary N) is 1. The van der Waals surface area contributed by atoms with Gasteiger partial charge in [0.15, 0.2) is 0 Å². The maximum Gasteiger partial charge on any atom is 0.265 e.